The van der Waals surface area contributed by atoms with E-state index in [1.54, 1.807) is 4.52 Å². The Bertz CT molecular complexity index is 717. The minimum atomic E-state index is -0.176. The molecule has 3 rings (SSSR count). The predicted octanol–water partition coefficient (Wildman–Crippen LogP) is 1.84. The van der Waals surface area contributed by atoms with Gasteiger partial charge in [0.25, 0.3) is 0 Å². The summed E-state index contributed by atoms with van der Waals surface area (Å²) in [6, 6.07) is 11.8. The molecule has 0 fully saturated rings. The van der Waals surface area contributed by atoms with Crippen molar-refractivity contribution in [2.45, 2.75) is 6.92 Å². The van der Waals surface area contributed by atoms with Gasteiger partial charge in [0.2, 0.25) is 11.9 Å². The molecule has 1 aromatic carbocycles. The second kappa shape index (κ2) is 3.55. The Morgan fingerprint density at radius 1 is 1.24 bits per heavy atom. The van der Waals surface area contributed by atoms with Gasteiger partial charge in [-0.2, -0.15) is 4.98 Å². The SMILES string of the molecule is CC(=O)Nc1nc2ccc3ccccc3n2n1. The van der Waals surface area contributed by atoms with E-state index in [0.29, 0.717) is 11.6 Å². The number of amides is 1. The van der Waals surface area contributed by atoms with Crippen LogP contribution < -0.4 is 5.32 Å². The summed E-state index contributed by atoms with van der Waals surface area (Å²) in [5.41, 5.74) is 1.68. The van der Waals surface area contributed by atoms with Gasteiger partial charge in [0, 0.05) is 12.3 Å². The zero-order chi connectivity index (χ0) is 11.8. The molecule has 0 unspecified atom stereocenters. The topological polar surface area (TPSA) is 59.3 Å². The average molecular weight is 226 g/mol. The van der Waals surface area contributed by atoms with Gasteiger partial charge in [0.05, 0.1) is 5.52 Å². The summed E-state index contributed by atoms with van der Waals surface area (Å²) in [4.78, 5) is 15.2. The van der Waals surface area contributed by atoms with Crippen LogP contribution in [0, 0.1) is 0 Å². The van der Waals surface area contributed by atoms with E-state index in [2.05, 4.69) is 15.4 Å². The first kappa shape index (κ1) is 9.77. The van der Waals surface area contributed by atoms with Crippen molar-refractivity contribution in [3.05, 3.63) is 36.4 Å². The number of pyridine rings is 1. The fourth-order valence-electron chi connectivity index (χ4n) is 1.81. The predicted molar refractivity (Wildman–Crippen MR) is 64.8 cm³/mol. The molecule has 0 aliphatic heterocycles. The largest absolute Gasteiger partial charge is 0.293 e. The third-order valence-electron chi connectivity index (χ3n) is 2.50. The van der Waals surface area contributed by atoms with Crippen molar-refractivity contribution in [2.24, 2.45) is 0 Å². The molecule has 0 atom stereocenters. The van der Waals surface area contributed by atoms with Crippen molar-refractivity contribution >= 4 is 28.4 Å². The molecule has 5 heteroatoms. The van der Waals surface area contributed by atoms with E-state index in [1.165, 1.54) is 6.92 Å². The normalized spacial score (nSPS) is 10.9. The van der Waals surface area contributed by atoms with Crippen LogP contribution in [0.15, 0.2) is 36.4 Å². The lowest BCUT2D eigenvalue weighted by Gasteiger charge is -1.98. The van der Waals surface area contributed by atoms with Crippen LogP contribution in [0.2, 0.25) is 0 Å². The molecule has 0 aliphatic carbocycles. The maximum Gasteiger partial charge on any atom is 0.249 e. The quantitative estimate of drug-likeness (QED) is 0.688. The number of hydrogen-bond acceptors (Lipinski definition) is 3. The van der Waals surface area contributed by atoms with E-state index in [-0.39, 0.29) is 5.91 Å². The molecular weight excluding hydrogens is 216 g/mol. The first-order valence-electron chi connectivity index (χ1n) is 5.26. The van der Waals surface area contributed by atoms with Crippen molar-refractivity contribution in [3.8, 4) is 0 Å². The summed E-state index contributed by atoms with van der Waals surface area (Å²) in [5.74, 6) is 0.152. The fourth-order valence-corrected chi connectivity index (χ4v) is 1.81. The first-order chi connectivity index (χ1) is 8.24. The zero-order valence-electron chi connectivity index (χ0n) is 9.21. The summed E-state index contributed by atoms with van der Waals surface area (Å²) in [6.45, 7) is 1.43. The van der Waals surface area contributed by atoms with Gasteiger partial charge >= 0.3 is 0 Å². The minimum absolute atomic E-state index is 0.176. The van der Waals surface area contributed by atoms with E-state index in [4.69, 9.17) is 0 Å². The summed E-state index contributed by atoms with van der Waals surface area (Å²) in [7, 11) is 0. The van der Waals surface area contributed by atoms with Crippen LogP contribution in [0.25, 0.3) is 16.6 Å². The van der Waals surface area contributed by atoms with Gasteiger partial charge in [-0.1, -0.05) is 18.2 Å². The molecule has 3 aromatic rings. The lowest BCUT2D eigenvalue weighted by molar-refractivity contribution is -0.114. The molecule has 1 N–H and O–H groups in total. The number of hydrogen-bond donors (Lipinski definition) is 1. The monoisotopic (exact) mass is 226 g/mol. The highest BCUT2D eigenvalue weighted by molar-refractivity contribution is 5.87. The lowest BCUT2D eigenvalue weighted by Crippen LogP contribution is -2.07. The Hall–Kier alpha value is -2.43. The van der Waals surface area contributed by atoms with Crippen LogP contribution in [0.3, 0.4) is 0 Å². The van der Waals surface area contributed by atoms with Gasteiger partial charge in [-0.25, -0.2) is 4.52 Å². The Morgan fingerprint density at radius 3 is 2.88 bits per heavy atom. The number of carbonyl (C=O) groups is 1. The van der Waals surface area contributed by atoms with Crippen molar-refractivity contribution in [1.82, 2.24) is 14.6 Å². The molecule has 2 heterocycles. The second-order valence-corrected chi connectivity index (χ2v) is 3.78. The van der Waals surface area contributed by atoms with Crippen molar-refractivity contribution in [3.63, 3.8) is 0 Å². The Labute approximate surface area is 97.1 Å². The lowest BCUT2D eigenvalue weighted by atomic mass is 10.2. The molecule has 0 saturated heterocycles. The maximum absolute atomic E-state index is 11.0. The highest BCUT2D eigenvalue weighted by atomic mass is 16.1. The molecule has 2 aromatic heterocycles. The van der Waals surface area contributed by atoms with Gasteiger partial charge in [0.1, 0.15) is 0 Å². The van der Waals surface area contributed by atoms with Gasteiger partial charge in [0.15, 0.2) is 5.65 Å². The summed E-state index contributed by atoms with van der Waals surface area (Å²) < 4.78 is 1.72. The van der Waals surface area contributed by atoms with Crippen LogP contribution >= 0.6 is 0 Å². The van der Waals surface area contributed by atoms with Crippen molar-refractivity contribution < 1.29 is 4.79 Å². The van der Waals surface area contributed by atoms with Gasteiger partial charge in [-0.05, 0) is 18.2 Å². The molecule has 0 radical (unpaired) electrons. The molecule has 84 valence electrons. The van der Waals surface area contributed by atoms with Crippen LogP contribution in [-0.2, 0) is 4.79 Å². The van der Waals surface area contributed by atoms with E-state index in [1.807, 2.05) is 36.4 Å². The van der Waals surface area contributed by atoms with Crippen molar-refractivity contribution in [1.29, 1.82) is 0 Å². The number of nitrogens with one attached hydrogen (secondary N) is 1. The fraction of sp³-hybridized carbons (Fsp3) is 0.0833. The number of anilines is 1. The number of carbonyl (C=O) groups excluding carboxylic acids is 1. The van der Waals surface area contributed by atoms with E-state index >= 15 is 0 Å². The summed E-state index contributed by atoms with van der Waals surface area (Å²) in [5, 5.41) is 7.91. The zero-order valence-corrected chi connectivity index (χ0v) is 9.21. The van der Waals surface area contributed by atoms with Gasteiger partial charge in [-0.15, -0.1) is 5.10 Å². The van der Waals surface area contributed by atoms with Gasteiger partial charge in [-0.3, -0.25) is 10.1 Å². The third-order valence-corrected chi connectivity index (χ3v) is 2.50. The van der Waals surface area contributed by atoms with Crippen LogP contribution in [-0.4, -0.2) is 20.5 Å². The average Bonchev–Trinajstić information content (AvgIpc) is 2.70. The van der Waals surface area contributed by atoms with Crippen LogP contribution in [0.1, 0.15) is 6.92 Å². The number of benzene rings is 1. The number of aromatic nitrogens is 3. The molecule has 0 saturated carbocycles. The standard InChI is InChI=1S/C12H10N4O/c1-8(17)13-12-14-11-7-6-9-4-2-3-5-10(9)16(11)15-12/h2-7H,1H3,(H,13,15,17). The van der Waals surface area contributed by atoms with E-state index < -0.39 is 0 Å². The van der Waals surface area contributed by atoms with Gasteiger partial charge < -0.3 is 0 Å². The molecule has 0 aliphatic rings. The molecule has 5 nitrogen and oxygen atoms in total. The smallest absolute Gasteiger partial charge is 0.249 e. The Morgan fingerprint density at radius 2 is 2.06 bits per heavy atom. The highest BCUT2D eigenvalue weighted by Crippen LogP contribution is 2.16. The molecular formula is C12H10N4O. The van der Waals surface area contributed by atoms with Crippen LogP contribution in [0.4, 0.5) is 5.95 Å². The number of fused-ring (bicyclic) bond motifs is 3. The number of rotatable bonds is 1. The minimum Gasteiger partial charge on any atom is -0.293 e. The molecule has 17 heavy (non-hydrogen) atoms. The third kappa shape index (κ3) is 1.61. The van der Waals surface area contributed by atoms with E-state index in [9.17, 15) is 4.79 Å². The first-order valence-corrected chi connectivity index (χ1v) is 5.26. The Kier molecular flexibility index (Phi) is 2.04. The number of nitrogens with zero attached hydrogens (tertiary/aromatic N) is 3. The van der Waals surface area contributed by atoms with Crippen LogP contribution in [0.5, 0.6) is 0 Å². The van der Waals surface area contributed by atoms with Crippen molar-refractivity contribution in [2.75, 3.05) is 5.32 Å². The Balaban J connectivity index is 2.27. The summed E-state index contributed by atoms with van der Waals surface area (Å²) in [6.07, 6.45) is 0. The maximum atomic E-state index is 11.0. The molecule has 0 spiro atoms. The number of para-hydroxylation sites is 1. The summed E-state index contributed by atoms with van der Waals surface area (Å²) >= 11 is 0. The molecule has 1 amide bonds. The second-order valence-electron chi connectivity index (χ2n) is 3.78. The highest BCUT2D eigenvalue weighted by Gasteiger charge is 2.06. The molecule has 0 bridgehead atoms. The van der Waals surface area contributed by atoms with E-state index in [0.717, 1.165) is 10.9 Å².